The topological polar surface area (TPSA) is 115 Å². The molecule has 2 rings (SSSR count). The second-order valence-corrected chi connectivity index (χ2v) is 6.70. The van der Waals surface area contributed by atoms with Crippen molar-refractivity contribution < 1.29 is 28.3 Å². The predicted molar refractivity (Wildman–Crippen MR) is 105 cm³/mol. The van der Waals surface area contributed by atoms with Crippen LogP contribution in [0.4, 0.5) is 5.69 Å². The Hall–Kier alpha value is -3.42. The number of amides is 2. The Bertz CT molecular complexity index is 856. The lowest BCUT2D eigenvalue weighted by atomic mass is 10.1. The summed E-state index contributed by atoms with van der Waals surface area (Å²) in [5.74, 6) is -1.53. The molecular weight excluding hydrogens is 376 g/mol. The van der Waals surface area contributed by atoms with Crippen LogP contribution in [0.2, 0.25) is 0 Å². The molecule has 0 saturated carbocycles. The Balaban J connectivity index is 1.79. The van der Waals surface area contributed by atoms with Gasteiger partial charge in [0.2, 0.25) is 11.7 Å². The molecule has 2 N–H and O–H groups in total. The van der Waals surface area contributed by atoms with Crippen LogP contribution in [-0.4, -0.2) is 36.2 Å². The lowest BCUT2D eigenvalue weighted by Crippen LogP contribution is -2.29. The van der Waals surface area contributed by atoms with Gasteiger partial charge in [-0.25, -0.2) is 0 Å². The maximum absolute atomic E-state index is 12.4. The fraction of sp³-hybridized carbons (Fsp3) is 0.333. The van der Waals surface area contributed by atoms with Crippen LogP contribution in [0.25, 0.3) is 0 Å². The van der Waals surface area contributed by atoms with Gasteiger partial charge < -0.3 is 19.8 Å². The van der Waals surface area contributed by atoms with Crippen molar-refractivity contribution in [2.75, 3.05) is 11.9 Å². The van der Waals surface area contributed by atoms with Crippen LogP contribution in [-0.2, 0) is 14.3 Å². The number of rotatable bonds is 9. The smallest absolute Gasteiger partial charge is 0.308 e. The summed E-state index contributed by atoms with van der Waals surface area (Å²) in [6.45, 7) is 5.11. The molecule has 0 bridgehead atoms. The van der Waals surface area contributed by atoms with E-state index < -0.39 is 18.0 Å². The van der Waals surface area contributed by atoms with E-state index in [0.29, 0.717) is 11.3 Å². The first-order chi connectivity index (χ1) is 13.8. The number of Topliss-reactive ketones (excluding diaryl/α,β-unsaturated/α-hetero) is 1. The van der Waals surface area contributed by atoms with Crippen LogP contribution in [0.3, 0.4) is 0 Å². The van der Waals surface area contributed by atoms with E-state index in [1.807, 2.05) is 0 Å². The van der Waals surface area contributed by atoms with E-state index in [2.05, 4.69) is 10.6 Å². The third kappa shape index (κ3) is 6.60. The summed E-state index contributed by atoms with van der Waals surface area (Å²) in [5.41, 5.74) is 0.941. The zero-order chi connectivity index (χ0) is 21.4. The SMILES string of the molecule is CC(C)C(=O)Nc1ccc(C(=O)C(C)OC(=O)CCNC(=O)c2ccco2)cc1. The summed E-state index contributed by atoms with van der Waals surface area (Å²) in [5, 5.41) is 5.26. The third-order valence-corrected chi connectivity index (χ3v) is 4.00. The zero-order valence-electron chi connectivity index (χ0n) is 16.6. The van der Waals surface area contributed by atoms with Crippen molar-refractivity contribution >= 4 is 29.3 Å². The van der Waals surface area contributed by atoms with Gasteiger partial charge in [0.1, 0.15) is 0 Å². The van der Waals surface area contributed by atoms with Gasteiger partial charge in [0, 0.05) is 23.7 Å². The highest BCUT2D eigenvalue weighted by atomic mass is 16.5. The molecule has 1 atom stereocenters. The molecule has 1 unspecified atom stereocenters. The number of benzene rings is 1. The van der Waals surface area contributed by atoms with Gasteiger partial charge in [-0.1, -0.05) is 13.8 Å². The van der Waals surface area contributed by atoms with Crippen molar-refractivity contribution in [3.05, 3.63) is 54.0 Å². The molecule has 0 aliphatic heterocycles. The average Bonchev–Trinajstić information content (AvgIpc) is 3.22. The lowest BCUT2D eigenvalue weighted by molar-refractivity contribution is -0.146. The van der Waals surface area contributed by atoms with Crippen LogP contribution in [0, 0.1) is 5.92 Å². The largest absolute Gasteiger partial charge is 0.459 e. The van der Waals surface area contributed by atoms with Crippen molar-refractivity contribution in [3.8, 4) is 0 Å². The number of ether oxygens (including phenoxy) is 1. The number of carbonyl (C=O) groups is 4. The molecular formula is C21H24N2O6. The van der Waals surface area contributed by atoms with Gasteiger partial charge in [-0.3, -0.25) is 19.2 Å². The van der Waals surface area contributed by atoms with E-state index in [0.717, 1.165) is 0 Å². The van der Waals surface area contributed by atoms with E-state index >= 15 is 0 Å². The standard InChI is InChI=1S/C21H24N2O6/c1-13(2)20(26)23-16-8-6-15(7-9-16)19(25)14(3)29-18(24)10-11-22-21(27)17-5-4-12-28-17/h4-9,12-14H,10-11H2,1-3H3,(H,22,27)(H,23,26). The zero-order valence-corrected chi connectivity index (χ0v) is 16.6. The van der Waals surface area contributed by atoms with Gasteiger partial charge in [0.05, 0.1) is 12.7 Å². The fourth-order valence-corrected chi connectivity index (χ4v) is 2.32. The fourth-order valence-electron chi connectivity index (χ4n) is 2.32. The highest BCUT2D eigenvalue weighted by Crippen LogP contribution is 2.14. The Morgan fingerprint density at radius 2 is 1.72 bits per heavy atom. The van der Waals surface area contributed by atoms with E-state index in [1.54, 1.807) is 44.2 Å². The molecule has 0 saturated heterocycles. The molecule has 1 aromatic carbocycles. The summed E-state index contributed by atoms with van der Waals surface area (Å²) in [6.07, 6.45) is 0.324. The Morgan fingerprint density at radius 3 is 2.31 bits per heavy atom. The van der Waals surface area contributed by atoms with E-state index in [4.69, 9.17) is 9.15 Å². The Kier molecular flexibility index (Phi) is 7.70. The van der Waals surface area contributed by atoms with Crippen molar-refractivity contribution in [2.24, 2.45) is 5.92 Å². The molecule has 8 heteroatoms. The monoisotopic (exact) mass is 400 g/mol. The number of hydrogen-bond acceptors (Lipinski definition) is 6. The minimum Gasteiger partial charge on any atom is -0.459 e. The van der Waals surface area contributed by atoms with Crippen LogP contribution >= 0.6 is 0 Å². The normalized spacial score (nSPS) is 11.6. The molecule has 8 nitrogen and oxygen atoms in total. The van der Waals surface area contributed by atoms with Crippen molar-refractivity contribution in [1.29, 1.82) is 0 Å². The molecule has 0 aliphatic carbocycles. The molecule has 0 fully saturated rings. The maximum atomic E-state index is 12.4. The molecule has 2 amide bonds. The number of hydrogen-bond donors (Lipinski definition) is 2. The molecule has 1 aromatic heterocycles. The quantitative estimate of drug-likeness (QED) is 0.494. The molecule has 0 aliphatic rings. The van der Waals surface area contributed by atoms with Gasteiger partial charge in [0.15, 0.2) is 11.9 Å². The second-order valence-electron chi connectivity index (χ2n) is 6.70. The summed E-state index contributed by atoms with van der Waals surface area (Å²) < 4.78 is 10.1. The maximum Gasteiger partial charge on any atom is 0.308 e. The Morgan fingerprint density at radius 1 is 1.03 bits per heavy atom. The van der Waals surface area contributed by atoms with Gasteiger partial charge in [-0.05, 0) is 43.3 Å². The van der Waals surface area contributed by atoms with Gasteiger partial charge >= 0.3 is 5.97 Å². The van der Waals surface area contributed by atoms with Crippen molar-refractivity contribution in [2.45, 2.75) is 33.3 Å². The van der Waals surface area contributed by atoms with Gasteiger partial charge in [-0.2, -0.15) is 0 Å². The van der Waals surface area contributed by atoms with Crippen LogP contribution < -0.4 is 10.6 Å². The lowest BCUT2D eigenvalue weighted by Gasteiger charge is -2.13. The van der Waals surface area contributed by atoms with Crippen molar-refractivity contribution in [3.63, 3.8) is 0 Å². The van der Waals surface area contributed by atoms with Gasteiger partial charge in [0.25, 0.3) is 5.91 Å². The van der Waals surface area contributed by atoms with E-state index in [1.165, 1.54) is 19.3 Å². The van der Waals surface area contributed by atoms with Gasteiger partial charge in [-0.15, -0.1) is 0 Å². The number of ketones is 1. The highest BCUT2D eigenvalue weighted by Gasteiger charge is 2.20. The van der Waals surface area contributed by atoms with E-state index in [-0.39, 0.29) is 36.3 Å². The summed E-state index contributed by atoms with van der Waals surface area (Å²) in [6, 6.07) is 9.45. The first kappa shape index (κ1) is 21.9. The van der Waals surface area contributed by atoms with Crippen molar-refractivity contribution in [1.82, 2.24) is 5.32 Å². The number of nitrogens with one attached hydrogen (secondary N) is 2. The number of anilines is 1. The number of furan rings is 1. The van der Waals surface area contributed by atoms with Crippen LogP contribution in [0.5, 0.6) is 0 Å². The number of esters is 1. The molecule has 2 aromatic rings. The first-order valence-electron chi connectivity index (χ1n) is 9.24. The second kappa shape index (κ2) is 10.2. The first-order valence-corrected chi connectivity index (χ1v) is 9.24. The van der Waals surface area contributed by atoms with Crippen LogP contribution in [0.15, 0.2) is 47.1 Å². The summed E-state index contributed by atoms with van der Waals surface area (Å²) in [4.78, 5) is 47.7. The van der Waals surface area contributed by atoms with E-state index in [9.17, 15) is 19.2 Å². The molecule has 154 valence electrons. The molecule has 1 heterocycles. The summed E-state index contributed by atoms with van der Waals surface area (Å²) in [7, 11) is 0. The number of carbonyl (C=O) groups excluding carboxylic acids is 4. The van der Waals surface area contributed by atoms with Crippen LogP contribution in [0.1, 0.15) is 48.1 Å². The molecule has 29 heavy (non-hydrogen) atoms. The molecule has 0 spiro atoms. The minimum absolute atomic E-state index is 0.0591. The predicted octanol–water partition coefficient (Wildman–Crippen LogP) is 2.81. The molecule has 0 radical (unpaired) electrons. The highest BCUT2D eigenvalue weighted by molar-refractivity contribution is 6.01. The average molecular weight is 400 g/mol. The Labute approximate surface area is 168 Å². The summed E-state index contributed by atoms with van der Waals surface area (Å²) >= 11 is 0. The third-order valence-electron chi connectivity index (χ3n) is 4.00. The minimum atomic E-state index is -0.973.